The van der Waals surface area contributed by atoms with Crippen molar-refractivity contribution in [3.8, 4) is 0 Å². The summed E-state index contributed by atoms with van der Waals surface area (Å²) in [5.74, 6) is 0. The minimum atomic E-state index is -1.09. The summed E-state index contributed by atoms with van der Waals surface area (Å²) < 4.78 is 33.7. The molecule has 0 saturated carbocycles. The fourth-order valence-corrected chi connectivity index (χ4v) is 3.28. The van der Waals surface area contributed by atoms with Crippen molar-refractivity contribution >= 4 is 18.7 Å². The van der Waals surface area contributed by atoms with E-state index in [9.17, 15) is 9.18 Å². The summed E-state index contributed by atoms with van der Waals surface area (Å²) in [5, 5.41) is 4.34. The number of hydrogen-bond acceptors (Lipinski definition) is 5. The lowest BCUT2D eigenvalue weighted by Crippen LogP contribution is -2.47. The second-order valence-electron chi connectivity index (χ2n) is 9.64. The highest BCUT2D eigenvalue weighted by molar-refractivity contribution is 6.62. The molecule has 2 aliphatic heterocycles. The molecule has 0 aromatic carbocycles. The maximum atomic E-state index is 14.6. The van der Waals surface area contributed by atoms with Gasteiger partial charge in [0, 0.05) is 30.9 Å². The molecule has 0 aliphatic carbocycles. The van der Waals surface area contributed by atoms with Gasteiger partial charge in [-0.15, -0.1) is 0 Å². The second kappa shape index (κ2) is 7.02. The van der Waals surface area contributed by atoms with Crippen molar-refractivity contribution in [2.45, 2.75) is 83.9 Å². The van der Waals surface area contributed by atoms with Crippen molar-refractivity contribution in [2.75, 3.05) is 13.1 Å². The van der Waals surface area contributed by atoms with E-state index in [1.165, 1.54) is 0 Å². The van der Waals surface area contributed by atoms with Crippen LogP contribution < -0.4 is 5.46 Å². The number of rotatable bonds is 2. The maximum Gasteiger partial charge on any atom is 0.498 e. The quantitative estimate of drug-likeness (QED) is 0.721. The number of piperidine rings is 1. The molecular formula is C19H31BFN3O4. The molecule has 28 heavy (non-hydrogen) atoms. The third kappa shape index (κ3) is 4.20. The molecule has 0 bridgehead atoms. The third-order valence-corrected chi connectivity index (χ3v) is 5.64. The van der Waals surface area contributed by atoms with Gasteiger partial charge >= 0.3 is 13.2 Å². The van der Waals surface area contributed by atoms with Crippen molar-refractivity contribution in [1.29, 1.82) is 0 Å². The van der Waals surface area contributed by atoms with Crippen LogP contribution in [-0.2, 0) is 14.0 Å². The summed E-state index contributed by atoms with van der Waals surface area (Å²) >= 11 is 0. The Balaban J connectivity index is 1.72. The van der Waals surface area contributed by atoms with Crippen LogP contribution in [0.3, 0.4) is 0 Å². The molecule has 2 fully saturated rings. The van der Waals surface area contributed by atoms with E-state index in [0.29, 0.717) is 6.54 Å². The zero-order valence-electron chi connectivity index (χ0n) is 17.9. The molecule has 0 spiro atoms. The highest BCUT2D eigenvalue weighted by atomic mass is 19.1. The lowest BCUT2D eigenvalue weighted by molar-refractivity contribution is 0.00578. The van der Waals surface area contributed by atoms with Gasteiger partial charge in [-0.25, -0.2) is 9.18 Å². The zero-order valence-corrected chi connectivity index (χ0v) is 17.9. The number of carbonyl (C=O) groups is 1. The SMILES string of the molecule is CC(C)(C)OC(=O)N1CC[C@H](F)[C@@H](n2cc(B3OC(C)(C)C(C)(C)O3)cn2)C1. The van der Waals surface area contributed by atoms with E-state index < -0.39 is 42.2 Å². The van der Waals surface area contributed by atoms with Crippen LogP contribution >= 0.6 is 0 Å². The molecular weight excluding hydrogens is 364 g/mol. The van der Waals surface area contributed by atoms with E-state index in [-0.39, 0.29) is 13.0 Å². The van der Waals surface area contributed by atoms with Crippen LogP contribution in [0.2, 0.25) is 0 Å². The molecule has 7 nitrogen and oxygen atoms in total. The van der Waals surface area contributed by atoms with E-state index in [0.717, 1.165) is 5.46 Å². The predicted octanol–water partition coefficient (Wildman–Crippen LogP) is 2.70. The standard InChI is InChI=1S/C19H31BFN3O4/c1-17(2,3)26-16(25)23-9-8-14(21)15(12-23)24-11-13(10-22-24)20-27-18(4,5)19(6,7)28-20/h10-11,14-15H,8-9,12H2,1-7H3/t14-,15-/m0/s1. The molecule has 2 saturated heterocycles. The molecule has 1 amide bonds. The van der Waals surface area contributed by atoms with Gasteiger partial charge in [0.05, 0.1) is 11.2 Å². The Morgan fingerprint density at radius 3 is 2.46 bits per heavy atom. The van der Waals surface area contributed by atoms with Crippen molar-refractivity contribution in [3.05, 3.63) is 12.4 Å². The lowest BCUT2D eigenvalue weighted by Gasteiger charge is -2.36. The molecule has 2 aliphatic rings. The summed E-state index contributed by atoms with van der Waals surface area (Å²) in [5.41, 5.74) is -0.767. The predicted molar refractivity (Wildman–Crippen MR) is 104 cm³/mol. The van der Waals surface area contributed by atoms with Gasteiger partial charge in [-0.1, -0.05) is 0 Å². The Kier molecular flexibility index (Phi) is 5.29. The van der Waals surface area contributed by atoms with Gasteiger partial charge in [-0.3, -0.25) is 4.68 Å². The van der Waals surface area contributed by atoms with Crippen molar-refractivity contribution in [2.24, 2.45) is 0 Å². The molecule has 2 atom stereocenters. The van der Waals surface area contributed by atoms with E-state index in [1.807, 2.05) is 48.5 Å². The molecule has 3 heterocycles. The van der Waals surface area contributed by atoms with E-state index in [2.05, 4.69) is 5.10 Å². The number of nitrogens with zero attached hydrogens (tertiary/aromatic N) is 3. The Hall–Kier alpha value is -1.61. The molecule has 1 aromatic heterocycles. The van der Waals surface area contributed by atoms with Gasteiger partial charge in [0.15, 0.2) is 0 Å². The Morgan fingerprint density at radius 1 is 1.29 bits per heavy atom. The average Bonchev–Trinajstić information content (AvgIpc) is 3.09. The van der Waals surface area contributed by atoms with Gasteiger partial charge in [0.25, 0.3) is 0 Å². The van der Waals surface area contributed by atoms with Gasteiger partial charge in [0.1, 0.15) is 17.8 Å². The van der Waals surface area contributed by atoms with Gasteiger partial charge in [-0.2, -0.15) is 5.10 Å². The first-order chi connectivity index (χ1) is 12.8. The minimum Gasteiger partial charge on any atom is -0.444 e. The lowest BCUT2D eigenvalue weighted by atomic mass is 9.82. The van der Waals surface area contributed by atoms with Crippen molar-refractivity contribution in [1.82, 2.24) is 14.7 Å². The van der Waals surface area contributed by atoms with E-state index >= 15 is 0 Å². The number of ether oxygens (including phenoxy) is 1. The van der Waals surface area contributed by atoms with Gasteiger partial charge < -0.3 is 18.9 Å². The fraction of sp³-hybridized carbons (Fsp3) is 0.789. The number of hydrogen-bond donors (Lipinski definition) is 0. The summed E-state index contributed by atoms with van der Waals surface area (Å²) in [7, 11) is -0.553. The molecule has 0 N–H and O–H groups in total. The number of aromatic nitrogens is 2. The Labute approximate surface area is 166 Å². The Bertz CT molecular complexity index is 715. The zero-order chi connectivity index (χ0) is 20.9. The van der Waals surface area contributed by atoms with Crippen LogP contribution in [-0.4, -0.2) is 64.0 Å². The van der Waals surface area contributed by atoms with Crippen molar-refractivity contribution in [3.63, 3.8) is 0 Å². The highest BCUT2D eigenvalue weighted by Crippen LogP contribution is 2.36. The fourth-order valence-electron chi connectivity index (χ4n) is 3.28. The van der Waals surface area contributed by atoms with Crippen LogP contribution in [0, 0.1) is 0 Å². The minimum absolute atomic E-state index is 0.209. The third-order valence-electron chi connectivity index (χ3n) is 5.64. The average molecular weight is 395 g/mol. The normalized spacial score (nSPS) is 27.1. The molecule has 0 unspecified atom stereocenters. The first kappa shape index (κ1) is 21.1. The van der Waals surface area contributed by atoms with Crippen molar-refractivity contribution < 1.29 is 23.2 Å². The molecule has 156 valence electrons. The number of halogens is 1. The van der Waals surface area contributed by atoms with Gasteiger partial charge in [0.2, 0.25) is 0 Å². The maximum absolute atomic E-state index is 14.6. The van der Waals surface area contributed by atoms with Crippen LogP contribution in [0.25, 0.3) is 0 Å². The van der Waals surface area contributed by atoms with Crippen LogP contribution in [0.5, 0.6) is 0 Å². The number of alkyl halides is 1. The van der Waals surface area contributed by atoms with E-state index in [1.54, 1.807) is 22.0 Å². The monoisotopic (exact) mass is 395 g/mol. The highest BCUT2D eigenvalue weighted by Gasteiger charge is 2.52. The first-order valence-electron chi connectivity index (χ1n) is 9.81. The van der Waals surface area contributed by atoms with E-state index in [4.69, 9.17) is 14.0 Å². The molecule has 3 rings (SSSR count). The molecule has 9 heteroatoms. The van der Waals surface area contributed by atoms with Crippen LogP contribution in [0.4, 0.5) is 9.18 Å². The summed E-state index contributed by atoms with van der Waals surface area (Å²) in [6, 6.07) is -0.572. The Morgan fingerprint density at radius 2 is 1.89 bits per heavy atom. The van der Waals surface area contributed by atoms with Crippen LogP contribution in [0.15, 0.2) is 12.4 Å². The molecule has 1 aromatic rings. The van der Waals surface area contributed by atoms with Gasteiger partial charge in [-0.05, 0) is 54.9 Å². The molecule has 0 radical (unpaired) electrons. The first-order valence-corrected chi connectivity index (χ1v) is 9.81. The topological polar surface area (TPSA) is 65.8 Å². The second-order valence-corrected chi connectivity index (χ2v) is 9.64. The largest absolute Gasteiger partial charge is 0.498 e. The summed E-state index contributed by atoms with van der Waals surface area (Å²) in [6.45, 7) is 13.9. The summed E-state index contributed by atoms with van der Waals surface area (Å²) in [4.78, 5) is 13.9. The smallest absolute Gasteiger partial charge is 0.444 e. The summed E-state index contributed by atoms with van der Waals surface area (Å²) in [6.07, 6.45) is 2.11. The number of likely N-dealkylation sites (tertiary alicyclic amines) is 1. The number of amides is 1. The number of carbonyl (C=O) groups excluding carboxylic acids is 1. The van der Waals surface area contributed by atoms with Crippen LogP contribution in [0.1, 0.15) is 60.9 Å².